The van der Waals surface area contributed by atoms with Crippen LogP contribution in [0.2, 0.25) is 0 Å². The first kappa shape index (κ1) is 12.6. The van der Waals surface area contributed by atoms with E-state index in [9.17, 15) is 0 Å². The Hall–Kier alpha value is -1.82. The summed E-state index contributed by atoms with van der Waals surface area (Å²) in [5.74, 6) is 0.872. The van der Waals surface area contributed by atoms with Crippen molar-refractivity contribution in [2.45, 2.75) is 19.5 Å². The third kappa shape index (κ3) is 3.33. The van der Waals surface area contributed by atoms with E-state index in [2.05, 4.69) is 20.0 Å². The van der Waals surface area contributed by atoms with E-state index in [1.54, 1.807) is 18.0 Å². The van der Waals surface area contributed by atoms with Crippen molar-refractivity contribution in [3.8, 4) is 0 Å². The van der Waals surface area contributed by atoms with Crippen LogP contribution in [0.5, 0.6) is 0 Å². The van der Waals surface area contributed by atoms with Crippen molar-refractivity contribution >= 4 is 5.95 Å². The molecule has 2 rings (SSSR count). The van der Waals surface area contributed by atoms with Gasteiger partial charge in [-0.15, -0.1) is 0 Å². The maximum absolute atomic E-state index is 5.05. The molecule has 98 valence electrons. The molecule has 18 heavy (non-hydrogen) atoms. The number of aromatic nitrogens is 4. The van der Waals surface area contributed by atoms with Crippen LogP contribution < -0.4 is 5.32 Å². The second-order valence-electron chi connectivity index (χ2n) is 4.12. The van der Waals surface area contributed by atoms with E-state index in [1.807, 2.05) is 25.5 Å². The van der Waals surface area contributed by atoms with Gasteiger partial charge in [0.25, 0.3) is 0 Å². The van der Waals surface area contributed by atoms with E-state index in [-0.39, 0.29) is 0 Å². The quantitative estimate of drug-likeness (QED) is 0.751. The van der Waals surface area contributed by atoms with Gasteiger partial charge >= 0.3 is 0 Å². The maximum Gasteiger partial charge on any atom is 0.203 e. The van der Waals surface area contributed by atoms with Gasteiger partial charge in [-0.05, 0) is 12.5 Å². The van der Waals surface area contributed by atoms with Crippen molar-refractivity contribution in [2.24, 2.45) is 7.05 Å². The average Bonchev–Trinajstić information content (AvgIpc) is 2.96. The van der Waals surface area contributed by atoms with Gasteiger partial charge in [0, 0.05) is 45.9 Å². The first-order valence-electron chi connectivity index (χ1n) is 6.02. The van der Waals surface area contributed by atoms with Crippen molar-refractivity contribution in [1.29, 1.82) is 0 Å². The fourth-order valence-electron chi connectivity index (χ4n) is 1.76. The molecular formula is C12H19N5O. The minimum absolute atomic E-state index is 0.683. The number of ether oxygens (including phenoxy) is 1. The highest BCUT2D eigenvalue weighted by Crippen LogP contribution is 2.07. The number of aryl methyl sites for hydroxylation is 2. The van der Waals surface area contributed by atoms with E-state index in [0.29, 0.717) is 6.54 Å². The number of anilines is 1. The number of hydrogen-bond acceptors (Lipinski definition) is 4. The molecule has 0 aliphatic heterocycles. The smallest absolute Gasteiger partial charge is 0.203 e. The molecule has 0 aliphatic rings. The van der Waals surface area contributed by atoms with Crippen LogP contribution in [0.1, 0.15) is 12.1 Å². The van der Waals surface area contributed by atoms with Crippen LogP contribution in [0, 0.1) is 0 Å². The van der Waals surface area contributed by atoms with Crippen LogP contribution in [0.4, 0.5) is 5.95 Å². The van der Waals surface area contributed by atoms with Crippen LogP contribution in [0.25, 0.3) is 0 Å². The monoisotopic (exact) mass is 249 g/mol. The van der Waals surface area contributed by atoms with Crippen LogP contribution in [-0.4, -0.2) is 33.0 Å². The fraction of sp³-hybridized carbons (Fsp3) is 0.500. The molecule has 0 bridgehead atoms. The predicted octanol–water partition coefficient (Wildman–Crippen LogP) is 1.27. The second kappa shape index (κ2) is 6.20. The molecule has 0 fully saturated rings. The Balaban J connectivity index is 1.87. The lowest BCUT2D eigenvalue weighted by molar-refractivity contribution is 0.190. The molecule has 0 atom stereocenters. The SMILES string of the molecule is COCCCn1ccnc1NCc1ccn(C)n1. The summed E-state index contributed by atoms with van der Waals surface area (Å²) in [4.78, 5) is 4.29. The van der Waals surface area contributed by atoms with Gasteiger partial charge < -0.3 is 14.6 Å². The van der Waals surface area contributed by atoms with Gasteiger partial charge in [0.2, 0.25) is 5.95 Å². The summed E-state index contributed by atoms with van der Waals surface area (Å²) in [5.41, 5.74) is 1.00. The predicted molar refractivity (Wildman–Crippen MR) is 69.3 cm³/mol. The zero-order valence-electron chi connectivity index (χ0n) is 10.8. The van der Waals surface area contributed by atoms with Crippen LogP contribution in [-0.2, 0) is 24.9 Å². The summed E-state index contributed by atoms with van der Waals surface area (Å²) in [6.07, 6.45) is 6.68. The molecule has 2 aromatic heterocycles. The highest BCUT2D eigenvalue weighted by molar-refractivity contribution is 5.26. The number of imidazole rings is 1. The Labute approximate surface area is 107 Å². The van der Waals surface area contributed by atoms with Crippen LogP contribution in [0.3, 0.4) is 0 Å². The van der Waals surface area contributed by atoms with E-state index >= 15 is 0 Å². The number of nitrogens with zero attached hydrogens (tertiary/aromatic N) is 4. The van der Waals surface area contributed by atoms with Crippen molar-refractivity contribution in [3.63, 3.8) is 0 Å². The Morgan fingerprint density at radius 1 is 1.39 bits per heavy atom. The summed E-state index contributed by atoms with van der Waals surface area (Å²) in [6.45, 7) is 2.35. The molecule has 0 radical (unpaired) electrons. The summed E-state index contributed by atoms with van der Waals surface area (Å²) >= 11 is 0. The molecule has 0 amide bonds. The Bertz CT molecular complexity index is 476. The summed E-state index contributed by atoms with van der Waals surface area (Å²) in [6, 6.07) is 1.99. The van der Waals surface area contributed by atoms with Crippen molar-refractivity contribution in [1.82, 2.24) is 19.3 Å². The van der Waals surface area contributed by atoms with Crippen LogP contribution >= 0.6 is 0 Å². The lowest BCUT2D eigenvalue weighted by Crippen LogP contribution is -2.09. The number of nitrogens with one attached hydrogen (secondary N) is 1. The maximum atomic E-state index is 5.05. The minimum Gasteiger partial charge on any atom is -0.385 e. The van der Waals surface area contributed by atoms with E-state index < -0.39 is 0 Å². The second-order valence-corrected chi connectivity index (χ2v) is 4.12. The third-order valence-electron chi connectivity index (χ3n) is 2.66. The summed E-state index contributed by atoms with van der Waals surface area (Å²) < 4.78 is 8.92. The molecule has 1 N–H and O–H groups in total. The lowest BCUT2D eigenvalue weighted by atomic mass is 10.4. The molecule has 0 saturated heterocycles. The topological polar surface area (TPSA) is 56.9 Å². The highest BCUT2D eigenvalue weighted by atomic mass is 16.5. The Kier molecular flexibility index (Phi) is 4.35. The zero-order chi connectivity index (χ0) is 12.8. The molecule has 6 heteroatoms. The largest absolute Gasteiger partial charge is 0.385 e. The minimum atomic E-state index is 0.683. The lowest BCUT2D eigenvalue weighted by Gasteiger charge is -2.08. The van der Waals surface area contributed by atoms with Crippen molar-refractivity contribution in [2.75, 3.05) is 19.0 Å². The first-order chi connectivity index (χ1) is 8.79. The van der Waals surface area contributed by atoms with Gasteiger partial charge in [-0.1, -0.05) is 0 Å². The molecular weight excluding hydrogens is 230 g/mol. The van der Waals surface area contributed by atoms with Gasteiger partial charge in [-0.2, -0.15) is 5.10 Å². The normalized spacial score (nSPS) is 10.8. The average molecular weight is 249 g/mol. The zero-order valence-corrected chi connectivity index (χ0v) is 10.8. The molecule has 2 aromatic rings. The van der Waals surface area contributed by atoms with Crippen molar-refractivity contribution < 1.29 is 4.74 Å². The fourth-order valence-corrected chi connectivity index (χ4v) is 1.76. The molecule has 0 aromatic carbocycles. The Morgan fingerprint density at radius 2 is 2.28 bits per heavy atom. The van der Waals surface area contributed by atoms with Gasteiger partial charge in [-0.25, -0.2) is 4.98 Å². The summed E-state index contributed by atoms with van der Waals surface area (Å²) in [7, 11) is 3.63. The molecule has 0 saturated carbocycles. The van der Waals surface area contributed by atoms with Crippen molar-refractivity contribution in [3.05, 3.63) is 30.4 Å². The van der Waals surface area contributed by atoms with Gasteiger partial charge in [0.15, 0.2) is 0 Å². The third-order valence-corrected chi connectivity index (χ3v) is 2.66. The summed E-state index contributed by atoms with van der Waals surface area (Å²) in [5, 5.41) is 7.60. The molecule has 2 heterocycles. The van der Waals surface area contributed by atoms with E-state index in [1.165, 1.54) is 0 Å². The molecule has 0 unspecified atom stereocenters. The standard InChI is InChI=1S/C12H19N5O/c1-16-7-4-11(15-16)10-14-12-13-5-8-17(12)6-3-9-18-2/h4-5,7-8H,3,6,9-10H2,1-2H3,(H,13,14). The van der Waals surface area contributed by atoms with Gasteiger partial charge in [-0.3, -0.25) is 4.68 Å². The number of rotatable bonds is 7. The van der Waals surface area contributed by atoms with E-state index in [0.717, 1.165) is 31.2 Å². The first-order valence-corrected chi connectivity index (χ1v) is 6.02. The number of methoxy groups -OCH3 is 1. The number of hydrogen-bond donors (Lipinski definition) is 1. The Morgan fingerprint density at radius 3 is 3.00 bits per heavy atom. The highest BCUT2D eigenvalue weighted by Gasteiger charge is 2.03. The van der Waals surface area contributed by atoms with Crippen LogP contribution in [0.15, 0.2) is 24.7 Å². The van der Waals surface area contributed by atoms with Gasteiger partial charge in [0.1, 0.15) is 0 Å². The van der Waals surface area contributed by atoms with Gasteiger partial charge in [0.05, 0.1) is 12.2 Å². The molecule has 6 nitrogen and oxygen atoms in total. The van der Waals surface area contributed by atoms with E-state index in [4.69, 9.17) is 4.74 Å². The molecule has 0 aliphatic carbocycles. The molecule has 0 spiro atoms.